The van der Waals surface area contributed by atoms with Gasteiger partial charge in [0.15, 0.2) is 6.79 Å². The molecule has 0 radical (unpaired) electrons. The van der Waals surface area contributed by atoms with E-state index >= 15 is 0 Å². The molecule has 0 aliphatic rings. The molecule has 0 amide bonds. The first-order valence-corrected chi connectivity index (χ1v) is 10.4. The quantitative estimate of drug-likeness (QED) is 0.470. The minimum Gasteiger partial charge on any atom is -0.468 e. The lowest BCUT2D eigenvalue weighted by atomic mass is 10.1. The zero-order valence-corrected chi connectivity index (χ0v) is 13.5. The van der Waals surface area contributed by atoms with Crippen LogP contribution in [0.4, 0.5) is 13.2 Å². The first-order chi connectivity index (χ1) is 9.63. The second-order valence-corrected chi connectivity index (χ2v) is 11.6. The average Bonchev–Trinajstić information content (AvgIpc) is 2.35. The van der Waals surface area contributed by atoms with E-state index in [2.05, 4.69) is 19.6 Å². The van der Waals surface area contributed by atoms with E-state index in [1.54, 1.807) is 0 Å². The van der Waals surface area contributed by atoms with Crippen LogP contribution in [0.1, 0.15) is 11.1 Å². The number of aliphatic hydroxyl groups excluding tert-OH is 1. The Morgan fingerprint density at radius 3 is 2.38 bits per heavy atom. The predicted molar refractivity (Wildman–Crippen MR) is 77.0 cm³/mol. The molecule has 0 atom stereocenters. The number of hydrogen-bond donors (Lipinski definition) is 1. The molecule has 0 fully saturated rings. The fourth-order valence-corrected chi connectivity index (χ4v) is 2.35. The smallest absolute Gasteiger partial charge is 0.416 e. The van der Waals surface area contributed by atoms with Gasteiger partial charge in [-0.3, -0.25) is 0 Å². The van der Waals surface area contributed by atoms with Crippen molar-refractivity contribution in [3.05, 3.63) is 29.3 Å². The second kappa shape index (κ2) is 7.28. The Kier molecular flexibility index (Phi) is 6.24. The van der Waals surface area contributed by atoms with Crippen LogP contribution < -0.4 is 4.74 Å². The van der Waals surface area contributed by atoms with Crippen LogP contribution in [0.2, 0.25) is 25.7 Å². The molecular weight excluding hydrogens is 301 g/mol. The van der Waals surface area contributed by atoms with Gasteiger partial charge in [0, 0.05) is 14.7 Å². The van der Waals surface area contributed by atoms with Crippen molar-refractivity contribution in [2.75, 3.05) is 13.4 Å². The van der Waals surface area contributed by atoms with E-state index in [0.29, 0.717) is 6.61 Å². The maximum absolute atomic E-state index is 12.8. The molecule has 0 bridgehead atoms. The van der Waals surface area contributed by atoms with Crippen molar-refractivity contribution in [1.29, 1.82) is 0 Å². The lowest BCUT2D eigenvalue weighted by Gasteiger charge is -2.16. The van der Waals surface area contributed by atoms with Gasteiger partial charge in [0.25, 0.3) is 0 Å². The van der Waals surface area contributed by atoms with Gasteiger partial charge < -0.3 is 14.6 Å². The summed E-state index contributed by atoms with van der Waals surface area (Å²) in [5.74, 6) is 0.0764. The summed E-state index contributed by atoms with van der Waals surface area (Å²) in [6.45, 7) is 6.42. The summed E-state index contributed by atoms with van der Waals surface area (Å²) in [7, 11) is -1.19. The number of ether oxygens (including phenoxy) is 2. The Bertz CT molecular complexity index is 456. The standard InChI is InChI=1S/C14H21F3O3Si/c1-21(2,3)7-6-19-10-20-12-5-4-11(9-18)13(8-12)14(15,16)17/h4-5,8,18H,6-7,9-10H2,1-3H3. The molecule has 0 saturated carbocycles. The van der Waals surface area contributed by atoms with Crippen LogP contribution in [0.3, 0.4) is 0 Å². The van der Waals surface area contributed by atoms with Gasteiger partial charge in [0.05, 0.1) is 12.2 Å². The molecule has 0 aliphatic carbocycles. The van der Waals surface area contributed by atoms with E-state index in [0.717, 1.165) is 12.1 Å². The minimum absolute atomic E-state index is 0.0764. The van der Waals surface area contributed by atoms with Crippen molar-refractivity contribution < 1.29 is 27.8 Å². The number of hydrogen-bond acceptors (Lipinski definition) is 3. The van der Waals surface area contributed by atoms with Gasteiger partial charge in [-0.2, -0.15) is 13.2 Å². The highest BCUT2D eigenvalue weighted by Crippen LogP contribution is 2.34. The monoisotopic (exact) mass is 322 g/mol. The summed E-state index contributed by atoms with van der Waals surface area (Å²) in [5.41, 5.74) is -1.06. The molecule has 0 unspecified atom stereocenters. The van der Waals surface area contributed by atoms with Crippen LogP contribution in [0.5, 0.6) is 5.75 Å². The molecule has 0 heterocycles. The average molecular weight is 322 g/mol. The van der Waals surface area contributed by atoms with Crippen LogP contribution in [0, 0.1) is 0 Å². The maximum Gasteiger partial charge on any atom is 0.416 e. The summed E-state index contributed by atoms with van der Waals surface area (Å²) < 4.78 is 48.8. The SMILES string of the molecule is C[Si](C)(C)CCOCOc1ccc(CO)c(C(F)(F)F)c1. The Balaban J connectivity index is 2.57. The van der Waals surface area contributed by atoms with E-state index in [4.69, 9.17) is 14.6 Å². The number of aliphatic hydroxyl groups is 1. The lowest BCUT2D eigenvalue weighted by Crippen LogP contribution is -2.22. The molecule has 0 aliphatic heterocycles. The Hall–Kier alpha value is -1.05. The normalized spacial score (nSPS) is 12.5. The van der Waals surface area contributed by atoms with E-state index in [9.17, 15) is 13.2 Å². The van der Waals surface area contributed by atoms with E-state index in [1.807, 2.05) is 0 Å². The third kappa shape index (κ3) is 6.49. The van der Waals surface area contributed by atoms with Crippen LogP contribution in [0.15, 0.2) is 18.2 Å². The fourth-order valence-electron chi connectivity index (χ4n) is 1.59. The predicted octanol–water partition coefficient (Wildman–Crippen LogP) is 3.89. The maximum atomic E-state index is 12.8. The van der Waals surface area contributed by atoms with E-state index in [1.165, 1.54) is 12.1 Å². The highest BCUT2D eigenvalue weighted by Gasteiger charge is 2.33. The van der Waals surface area contributed by atoms with Crippen LogP contribution in [0.25, 0.3) is 0 Å². The molecule has 1 N–H and O–H groups in total. The molecule has 120 valence electrons. The first-order valence-electron chi connectivity index (χ1n) is 6.65. The molecule has 1 aromatic rings. The van der Waals surface area contributed by atoms with Crippen LogP contribution in [-0.4, -0.2) is 26.6 Å². The Labute approximate surface area is 123 Å². The van der Waals surface area contributed by atoms with Crippen LogP contribution in [-0.2, 0) is 17.5 Å². The Morgan fingerprint density at radius 1 is 1.19 bits per heavy atom. The van der Waals surface area contributed by atoms with Crippen LogP contribution >= 0.6 is 0 Å². The van der Waals surface area contributed by atoms with Crippen molar-refractivity contribution in [3.63, 3.8) is 0 Å². The van der Waals surface area contributed by atoms with Crippen molar-refractivity contribution in [2.45, 2.75) is 38.5 Å². The molecule has 1 aromatic carbocycles. The van der Waals surface area contributed by atoms with Crippen molar-refractivity contribution in [3.8, 4) is 5.75 Å². The van der Waals surface area contributed by atoms with Gasteiger partial charge in [-0.25, -0.2) is 0 Å². The van der Waals surface area contributed by atoms with Crippen molar-refractivity contribution >= 4 is 8.07 Å². The number of rotatable bonds is 7. The van der Waals surface area contributed by atoms with Gasteiger partial charge in [-0.15, -0.1) is 0 Å². The molecule has 0 aromatic heterocycles. The first kappa shape index (κ1) is 18.0. The molecule has 7 heteroatoms. The molecule has 21 heavy (non-hydrogen) atoms. The summed E-state index contributed by atoms with van der Waals surface area (Å²) >= 11 is 0. The summed E-state index contributed by atoms with van der Waals surface area (Å²) in [4.78, 5) is 0. The summed E-state index contributed by atoms with van der Waals surface area (Å²) in [5, 5.41) is 8.93. The Morgan fingerprint density at radius 2 is 1.86 bits per heavy atom. The van der Waals surface area contributed by atoms with Gasteiger partial charge in [-0.1, -0.05) is 25.7 Å². The van der Waals surface area contributed by atoms with E-state index in [-0.39, 0.29) is 18.1 Å². The highest BCUT2D eigenvalue weighted by molar-refractivity contribution is 6.76. The highest BCUT2D eigenvalue weighted by atomic mass is 28.3. The minimum atomic E-state index is -4.52. The third-order valence-electron chi connectivity index (χ3n) is 2.86. The lowest BCUT2D eigenvalue weighted by molar-refractivity contribution is -0.138. The second-order valence-electron chi connectivity index (χ2n) is 5.96. The fraction of sp³-hybridized carbons (Fsp3) is 0.571. The number of alkyl halides is 3. The van der Waals surface area contributed by atoms with E-state index < -0.39 is 26.4 Å². The molecule has 0 spiro atoms. The largest absolute Gasteiger partial charge is 0.468 e. The molecule has 3 nitrogen and oxygen atoms in total. The zero-order valence-electron chi connectivity index (χ0n) is 12.5. The van der Waals surface area contributed by atoms with Gasteiger partial charge in [0.1, 0.15) is 5.75 Å². The van der Waals surface area contributed by atoms with Gasteiger partial charge in [-0.05, 0) is 23.7 Å². The third-order valence-corrected chi connectivity index (χ3v) is 4.57. The van der Waals surface area contributed by atoms with Gasteiger partial charge in [0.2, 0.25) is 0 Å². The summed E-state index contributed by atoms with van der Waals surface area (Å²) in [6.07, 6.45) is -4.52. The summed E-state index contributed by atoms with van der Waals surface area (Å²) in [6, 6.07) is 4.45. The zero-order chi connectivity index (χ0) is 16.1. The topological polar surface area (TPSA) is 38.7 Å². The molecular formula is C14H21F3O3Si. The van der Waals surface area contributed by atoms with Crippen molar-refractivity contribution in [2.24, 2.45) is 0 Å². The number of benzene rings is 1. The molecule has 1 rings (SSSR count). The number of halogens is 3. The van der Waals surface area contributed by atoms with Crippen molar-refractivity contribution in [1.82, 2.24) is 0 Å². The van der Waals surface area contributed by atoms with Gasteiger partial charge >= 0.3 is 6.18 Å². The molecule has 0 saturated heterocycles.